The van der Waals surface area contributed by atoms with Crippen LogP contribution in [0.4, 0.5) is 5.69 Å². The van der Waals surface area contributed by atoms with Gasteiger partial charge in [0.1, 0.15) is 0 Å². The summed E-state index contributed by atoms with van der Waals surface area (Å²) in [5.74, 6) is 0.803. The van der Waals surface area contributed by atoms with Crippen LogP contribution in [0.3, 0.4) is 0 Å². The zero-order valence-electron chi connectivity index (χ0n) is 13.9. The second kappa shape index (κ2) is 6.86. The molecule has 2 aromatic carbocycles. The van der Waals surface area contributed by atoms with Crippen molar-refractivity contribution in [3.05, 3.63) is 65.2 Å². The highest BCUT2D eigenvalue weighted by Crippen LogP contribution is 2.26. The number of carbonyl (C=O) groups excluding carboxylic acids is 1. The Morgan fingerprint density at radius 1 is 1.04 bits per heavy atom. The lowest BCUT2D eigenvalue weighted by Gasteiger charge is -2.13. The van der Waals surface area contributed by atoms with Gasteiger partial charge in [0.05, 0.1) is 6.42 Å². The molecule has 1 aliphatic carbocycles. The number of amides is 1. The molecule has 23 heavy (non-hydrogen) atoms. The van der Waals surface area contributed by atoms with Crippen LogP contribution in [0.15, 0.2) is 48.5 Å². The standard InChI is InChI=1S/C20H24N2O/c1-22(2)20(23)13-15-7-9-19(10-8-15)21-14-16-11-17-5-3-4-6-18(17)12-16/h3-10,16,21H,11-14H2,1-2H3. The van der Waals surface area contributed by atoms with Gasteiger partial charge in [0.25, 0.3) is 0 Å². The van der Waals surface area contributed by atoms with E-state index < -0.39 is 0 Å². The van der Waals surface area contributed by atoms with Gasteiger partial charge in [-0.2, -0.15) is 0 Å². The molecular formula is C20H24N2O. The molecule has 120 valence electrons. The summed E-state index contributed by atoms with van der Waals surface area (Å²) in [6.07, 6.45) is 2.79. The maximum atomic E-state index is 11.7. The fourth-order valence-corrected chi connectivity index (χ4v) is 3.13. The Labute approximate surface area is 138 Å². The molecule has 0 radical (unpaired) electrons. The van der Waals surface area contributed by atoms with Crippen molar-refractivity contribution in [1.29, 1.82) is 0 Å². The molecule has 0 heterocycles. The number of rotatable bonds is 5. The summed E-state index contributed by atoms with van der Waals surface area (Å²) in [4.78, 5) is 13.3. The first-order valence-corrected chi connectivity index (χ1v) is 8.21. The number of carbonyl (C=O) groups is 1. The summed E-state index contributed by atoms with van der Waals surface area (Å²) in [6.45, 7) is 0.991. The van der Waals surface area contributed by atoms with Gasteiger partial charge in [0.2, 0.25) is 5.91 Å². The van der Waals surface area contributed by atoms with Crippen molar-refractivity contribution in [3.63, 3.8) is 0 Å². The van der Waals surface area contributed by atoms with E-state index in [0.29, 0.717) is 12.3 Å². The number of fused-ring (bicyclic) bond motifs is 1. The zero-order chi connectivity index (χ0) is 16.2. The van der Waals surface area contributed by atoms with Crippen molar-refractivity contribution in [1.82, 2.24) is 4.90 Å². The maximum absolute atomic E-state index is 11.7. The van der Waals surface area contributed by atoms with Crippen LogP contribution in [0, 0.1) is 5.92 Å². The first kappa shape index (κ1) is 15.6. The third kappa shape index (κ3) is 3.92. The second-order valence-electron chi connectivity index (χ2n) is 6.59. The fourth-order valence-electron chi connectivity index (χ4n) is 3.13. The van der Waals surface area contributed by atoms with E-state index in [4.69, 9.17) is 0 Å². The first-order chi connectivity index (χ1) is 11.1. The summed E-state index contributed by atoms with van der Waals surface area (Å²) in [5.41, 5.74) is 5.18. The van der Waals surface area contributed by atoms with Crippen molar-refractivity contribution >= 4 is 11.6 Å². The summed E-state index contributed by atoms with van der Waals surface area (Å²) >= 11 is 0. The number of nitrogens with zero attached hydrogens (tertiary/aromatic N) is 1. The number of benzene rings is 2. The van der Waals surface area contributed by atoms with E-state index in [-0.39, 0.29) is 5.91 Å². The molecule has 1 amide bonds. The molecule has 1 N–H and O–H groups in total. The molecule has 0 aliphatic heterocycles. The van der Waals surface area contributed by atoms with Crippen LogP contribution in [0.25, 0.3) is 0 Å². The summed E-state index contributed by atoms with van der Waals surface area (Å²) < 4.78 is 0. The Kier molecular flexibility index (Phi) is 4.65. The number of anilines is 1. The smallest absolute Gasteiger partial charge is 0.226 e. The molecule has 0 saturated carbocycles. The SMILES string of the molecule is CN(C)C(=O)Cc1ccc(NCC2Cc3ccccc3C2)cc1. The number of nitrogens with one attached hydrogen (secondary N) is 1. The van der Waals surface area contributed by atoms with Crippen LogP contribution in [0.1, 0.15) is 16.7 Å². The van der Waals surface area contributed by atoms with Crippen LogP contribution in [0.5, 0.6) is 0 Å². The minimum atomic E-state index is 0.134. The first-order valence-electron chi connectivity index (χ1n) is 8.21. The number of hydrogen-bond acceptors (Lipinski definition) is 2. The highest BCUT2D eigenvalue weighted by atomic mass is 16.2. The van der Waals surface area contributed by atoms with Crippen molar-refractivity contribution in [2.75, 3.05) is 26.0 Å². The van der Waals surface area contributed by atoms with Gasteiger partial charge in [0, 0.05) is 26.3 Å². The fraction of sp³-hybridized carbons (Fsp3) is 0.350. The Morgan fingerprint density at radius 2 is 1.65 bits per heavy atom. The number of likely N-dealkylation sites (N-methyl/N-ethyl adjacent to an activating group) is 1. The van der Waals surface area contributed by atoms with Gasteiger partial charge in [-0.15, -0.1) is 0 Å². The molecule has 0 saturated heterocycles. The van der Waals surface area contributed by atoms with Crippen LogP contribution in [-0.2, 0) is 24.1 Å². The summed E-state index contributed by atoms with van der Waals surface area (Å²) in [6, 6.07) is 16.9. The van der Waals surface area contributed by atoms with E-state index in [2.05, 4.69) is 41.7 Å². The molecule has 0 spiro atoms. The molecule has 3 nitrogen and oxygen atoms in total. The summed E-state index contributed by atoms with van der Waals surface area (Å²) in [5, 5.41) is 3.53. The van der Waals surface area contributed by atoms with Crippen LogP contribution < -0.4 is 5.32 Å². The van der Waals surface area contributed by atoms with Gasteiger partial charge in [-0.25, -0.2) is 0 Å². The third-order valence-electron chi connectivity index (χ3n) is 4.54. The Morgan fingerprint density at radius 3 is 2.22 bits per heavy atom. The van der Waals surface area contributed by atoms with Gasteiger partial charge >= 0.3 is 0 Å². The molecule has 0 atom stereocenters. The molecule has 2 aromatic rings. The largest absolute Gasteiger partial charge is 0.385 e. The van der Waals surface area contributed by atoms with E-state index in [1.165, 1.54) is 24.0 Å². The van der Waals surface area contributed by atoms with Crippen LogP contribution in [0.2, 0.25) is 0 Å². The third-order valence-corrected chi connectivity index (χ3v) is 4.54. The van der Waals surface area contributed by atoms with Gasteiger partial charge < -0.3 is 10.2 Å². The average Bonchev–Trinajstić information content (AvgIpc) is 2.97. The second-order valence-corrected chi connectivity index (χ2v) is 6.59. The van der Waals surface area contributed by atoms with Crippen LogP contribution >= 0.6 is 0 Å². The van der Waals surface area contributed by atoms with E-state index in [9.17, 15) is 4.79 Å². The van der Waals surface area contributed by atoms with Gasteiger partial charge in [-0.05, 0) is 47.6 Å². The van der Waals surface area contributed by atoms with Gasteiger partial charge in [0.15, 0.2) is 0 Å². The average molecular weight is 308 g/mol. The minimum Gasteiger partial charge on any atom is -0.385 e. The highest BCUT2D eigenvalue weighted by Gasteiger charge is 2.20. The molecule has 3 rings (SSSR count). The lowest BCUT2D eigenvalue weighted by Crippen LogP contribution is -2.23. The lowest BCUT2D eigenvalue weighted by atomic mass is 10.1. The number of hydrogen-bond donors (Lipinski definition) is 1. The predicted octanol–water partition coefficient (Wildman–Crippen LogP) is 3.14. The lowest BCUT2D eigenvalue weighted by molar-refractivity contribution is -0.127. The summed E-state index contributed by atoms with van der Waals surface area (Å²) in [7, 11) is 3.58. The molecule has 0 bridgehead atoms. The van der Waals surface area contributed by atoms with E-state index >= 15 is 0 Å². The minimum absolute atomic E-state index is 0.134. The quantitative estimate of drug-likeness (QED) is 0.920. The molecule has 1 aliphatic rings. The monoisotopic (exact) mass is 308 g/mol. The molecule has 0 fully saturated rings. The zero-order valence-corrected chi connectivity index (χ0v) is 13.9. The Hall–Kier alpha value is -2.29. The topological polar surface area (TPSA) is 32.3 Å². The van der Waals surface area contributed by atoms with E-state index in [1.807, 2.05) is 12.1 Å². The molecule has 3 heteroatoms. The van der Waals surface area contributed by atoms with Crippen molar-refractivity contribution in [3.8, 4) is 0 Å². The maximum Gasteiger partial charge on any atom is 0.226 e. The van der Waals surface area contributed by atoms with Gasteiger partial charge in [-0.3, -0.25) is 4.79 Å². The van der Waals surface area contributed by atoms with Crippen LogP contribution in [-0.4, -0.2) is 31.4 Å². The van der Waals surface area contributed by atoms with Crippen molar-refractivity contribution in [2.45, 2.75) is 19.3 Å². The van der Waals surface area contributed by atoms with Crippen molar-refractivity contribution in [2.24, 2.45) is 5.92 Å². The molecular weight excluding hydrogens is 284 g/mol. The highest BCUT2D eigenvalue weighted by molar-refractivity contribution is 5.78. The van der Waals surface area contributed by atoms with E-state index in [1.54, 1.807) is 19.0 Å². The Bertz CT molecular complexity index is 651. The molecule has 0 unspecified atom stereocenters. The molecule has 0 aromatic heterocycles. The van der Waals surface area contributed by atoms with E-state index in [0.717, 1.165) is 17.8 Å². The predicted molar refractivity (Wildman–Crippen MR) is 94.7 cm³/mol. The normalized spacial score (nSPS) is 13.7. The van der Waals surface area contributed by atoms with Gasteiger partial charge in [-0.1, -0.05) is 36.4 Å². The van der Waals surface area contributed by atoms with Crippen molar-refractivity contribution < 1.29 is 4.79 Å². The Balaban J connectivity index is 1.51.